The molecule has 2 aromatic rings. The van der Waals surface area contributed by atoms with Gasteiger partial charge in [-0.15, -0.1) is 0 Å². The number of nitriles is 1. The fraction of sp³-hybridized carbons (Fsp3) is 0.429. The number of aromatic nitrogens is 2. The average Bonchev–Trinajstić information content (AvgIpc) is 3.06. The molecule has 0 saturated heterocycles. The number of benzene rings is 1. The zero-order chi connectivity index (χ0) is 12.8. The summed E-state index contributed by atoms with van der Waals surface area (Å²) in [6, 6.07) is 8.70. The smallest absolute Gasteiger partial charge is 0.0955 e. The van der Waals surface area contributed by atoms with Crippen LogP contribution in [0.4, 0.5) is 5.69 Å². The van der Waals surface area contributed by atoms with Crippen molar-refractivity contribution in [1.29, 1.82) is 5.26 Å². The first-order chi connectivity index (χ1) is 8.63. The Bertz CT molecular complexity index is 631. The van der Waals surface area contributed by atoms with E-state index in [0.29, 0.717) is 0 Å². The Hall–Kier alpha value is -2.02. The number of fused-ring (bicyclic) bond motifs is 1. The maximum Gasteiger partial charge on any atom is 0.0955 e. The molecule has 0 atom stereocenters. The number of imidazole rings is 1. The number of hydrogen-bond acceptors (Lipinski definition) is 3. The highest BCUT2D eigenvalue weighted by Crippen LogP contribution is 2.45. The number of nitrogens with zero attached hydrogens (tertiary/aromatic N) is 4. The third-order valence-electron chi connectivity index (χ3n) is 3.78. The molecule has 18 heavy (non-hydrogen) atoms. The molecule has 0 radical (unpaired) electrons. The van der Waals surface area contributed by atoms with Gasteiger partial charge in [-0.3, -0.25) is 0 Å². The first kappa shape index (κ1) is 11.1. The molecule has 0 bridgehead atoms. The second-order valence-corrected chi connectivity index (χ2v) is 5.28. The van der Waals surface area contributed by atoms with Gasteiger partial charge in [0.05, 0.1) is 28.8 Å². The van der Waals surface area contributed by atoms with Crippen molar-refractivity contribution in [3.63, 3.8) is 0 Å². The zero-order valence-electron chi connectivity index (χ0n) is 10.7. The minimum absolute atomic E-state index is 0.103. The van der Waals surface area contributed by atoms with E-state index in [9.17, 15) is 0 Å². The van der Waals surface area contributed by atoms with Gasteiger partial charge < -0.3 is 9.47 Å². The predicted molar refractivity (Wildman–Crippen MR) is 71.3 cm³/mol. The van der Waals surface area contributed by atoms with Crippen LogP contribution in [0.25, 0.3) is 11.0 Å². The van der Waals surface area contributed by atoms with E-state index in [1.165, 1.54) is 0 Å². The van der Waals surface area contributed by atoms with E-state index in [4.69, 9.17) is 5.26 Å². The molecular formula is C14H16N4. The van der Waals surface area contributed by atoms with Crippen LogP contribution in [0.15, 0.2) is 24.5 Å². The van der Waals surface area contributed by atoms with Crippen LogP contribution in [0.3, 0.4) is 0 Å². The molecule has 3 rings (SSSR count). The molecule has 1 aromatic carbocycles. The normalized spacial score (nSPS) is 16.5. The molecule has 1 aromatic heterocycles. The van der Waals surface area contributed by atoms with Crippen molar-refractivity contribution in [2.24, 2.45) is 12.5 Å². The molecule has 0 aliphatic heterocycles. The Kier molecular flexibility index (Phi) is 2.30. The maximum atomic E-state index is 9.14. The van der Waals surface area contributed by atoms with Gasteiger partial charge >= 0.3 is 0 Å². The minimum Gasteiger partial charge on any atom is -0.373 e. The summed E-state index contributed by atoms with van der Waals surface area (Å²) in [5.41, 5.74) is 3.16. The van der Waals surface area contributed by atoms with Crippen molar-refractivity contribution in [2.45, 2.75) is 12.8 Å². The van der Waals surface area contributed by atoms with Gasteiger partial charge in [-0.2, -0.15) is 5.26 Å². The van der Waals surface area contributed by atoms with Gasteiger partial charge in [-0.25, -0.2) is 4.98 Å². The molecule has 4 nitrogen and oxygen atoms in total. The van der Waals surface area contributed by atoms with Crippen molar-refractivity contribution < 1.29 is 0 Å². The summed E-state index contributed by atoms with van der Waals surface area (Å²) in [6.45, 7) is 0.807. The van der Waals surface area contributed by atoms with E-state index in [1.54, 1.807) is 0 Å². The van der Waals surface area contributed by atoms with E-state index in [-0.39, 0.29) is 5.41 Å². The molecule has 0 N–H and O–H groups in total. The van der Waals surface area contributed by atoms with E-state index >= 15 is 0 Å². The first-order valence-corrected chi connectivity index (χ1v) is 6.17. The van der Waals surface area contributed by atoms with E-state index in [0.717, 1.165) is 36.1 Å². The van der Waals surface area contributed by atoms with Crippen LogP contribution in [0.5, 0.6) is 0 Å². The highest BCUT2D eigenvalue weighted by atomic mass is 15.1. The number of aryl methyl sites for hydroxylation is 1. The van der Waals surface area contributed by atoms with Gasteiger partial charge in [-0.1, -0.05) is 0 Å². The average molecular weight is 240 g/mol. The third-order valence-corrected chi connectivity index (χ3v) is 3.78. The molecule has 4 heteroatoms. The monoisotopic (exact) mass is 240 g/mol. The minimum atomic E-state index is -0.103. The van der Waals surface area contributed by atoms with Gasteiger partial charge in [0, 0.05) is 26.3 Å². The molecular weight excluding hydrogens is 224 g/mol. The standard InChI is InChI=1S/C14H16N4/c1-17(9-14(8-15)5-6-14)11-3-4-13-12(7-11)16-10-18(13)2/h3-4,7,10H,5-6,9H2,1-2H3. The van der Waals surface area contributed by atoms with Gasteiger partial charge in [0.25, 0.3) is 0 Å². The Morgan fingerprint density at radius 2 is 2.28 bits per heavy atom. The second-order valence-electron chi connectivity index (χ2n) is 5.28. The second kappa shape index (κ2) is 3.74. The van der Waals surface area contributed by atoms with Gasteiger partial charge in [0.15, 0.2) is 0 Å². The lowest BCUT2D eigenvalue weighted by Gasteiger charge is -2.21. The van der Waals surface area contributed by atoms with E-state index in [1.807, 2.05) is 25.0 Å². The van der Waals surface area contributed by atoms with Crippen LogP contribution in [0.2, 0.25) is 0 Å². The van der Waals surface area contributed by atoms with Crippen molar-refractivity contribution in [1.82, 2.24) is 9.55 Å². The molecule has 0 amide bonds. The largest absolute Gasteiger partial charge is 0.373 e. The molecule has 1 saturated carbocycles. The van der Waals surface area contributed by atoms with Crippen molar-refractivity contribution in [3.8, 4) is 6.07 Å². The summed E-state index contributed by atoms with van der Waals surface area (Å²) in [7, 11) is 4.04. The van der Waals surface area contributed by atoms with Crippen LogP contribution in [-0.2, 0) is 7.05 Å². The van der Waals surface area contributed by atoms with Crippen molar-refractivity contribution >= 4 is 16.7 Å². The quantitative estimate of drug-likeness (QED) is 0.827. The Morgan fingerprint density at radius 1 is 1.50 bits per heavy atom. The van der Waals surface area contributed by atoms with Gasteiger partial charge in [-0.05, 0) is 31.0 Å². The number of anilines is 1. The summed E-state index contributed by atoms with van der Waals surface area (Å²) in [5.74, 6) is 0. The van der Waals surface area contributed by atoms with E-state index in [2.05, 4.69) is 34.2 Å². The molecule has 1 aliphatic carbocycles. The van der Waals surface area contributed by atoms with Gasteiger partial charge in [0.2, 0.25) is 0 Å². The zero-order valence-corrected chi connectivity index (χ0v) is 10.7. The summed E-state index contributed by atoms with van der Waals surface area (Å²) >= 11 is 0. The first-order valence-electron chi connectivity index (χ1n) is 6.17. The lowest BCUT2D eigenvalue weighted by atomic mass is 10.1. The topological polar surface area (TPSA) is 44.9 Å². The van der Waals surface area contributed by atoms with Crippen molar-refractivity contribution in [3.05, 3.63) is 24.5 Å². The van der Waals surface area contributed by atoms with Crippen LogP contribution < -0.4 is 4.90 Å². The SMILES string of the molecule is CN(CC1(C#N)CC1)c1ccc2c(c1)ncn2C. The van der Waals surface area contributed by atoms with Gasteiger partial charge in [0.1, 0.15) is 0 Å². The fourth-order valence-electron chi connectivity index (χ4n) is 2.36. The maximum absolute atomic E-state index is 9.14. The molecule has 0 spiro atoms. The molecule has 92 valence electrons. The third kappa shape index (κ3) is 1.72. The Labute approximate surface area is 106 Å². The lowest BCUT2D eigenvalue weighted by molar-refractivity contribution is 0.653. The number of rotatable bonds is 3. The van der Waals surface area contributed by atoms with Crippen LogP contribution >= 0.6 is 0 Å². The summed E-state index contributed by atoms with van der Waals surface area (Å²) < 4.78 is 2.01. The highest BCUT2D eigenvalue weighted by molar-refractivity contribution is 5.79. The van der Waals surface area contributed by atoms with Crippen LogP contribution in [0.1, 0.15) is 12.8 Å². The van der Waals surface area contributed by atoms with Crippen LogP contribution in [-0.4, -0.2) is 23.1 Å². The van der Waals surface area contributed by atoms with Crippen molar-refractivity contribution in [2.75, 3.05) is 18.5 Å². The fourth-order valence-corrected chi connectivity index (χ4v) is 2.36. The summed E-state index contributed by atoms with van der Waals surface area (Å²) in [4.78, 5) is 6.52. The molecule has 1 aliphatic rings. The predicted octanol–water partition coefficient (Wildman–Crippen LogP) is 2.31. The lowest BCUT2D eigenvalue weighted by Crippen LogP contribution is -2.25. The van der Waals surface area contributed by atoms with E-state index < -0.39 is 0 Å². The molecule has 0 unspecified atom stereocenters. The summed E-state index contributed by atoms with van der Waals surface area (Å²) in [5, 5.41) is 9.14. The Morgan fingerprint density at radius 3 is 2.94 bits per heavy atom. The number of hydrogen-bond donors (Lipinski definition) is 0. The van der Waals surface area contributed by atoms with Crippen LogP contribution in [0, 0.1) is 16.7 Å². The molecule has 1 fully saturated rings. The summed E-state index contributed by atoms with van der Waals surface area (Å²) in [6.07, 6.45) is 3.88. The molecule has 1 heterocycles. The Balaban J connectivity index is 1.88. The highest BCUT2D eigenvalue weighted by Gasteiger charge is 2.44.